The zero-order chi connectivity index (χ0) is 17.2. The Morgan fingerprint density at radius 1 is 1.17 bits per heavy atom. The molecule has 1 aromatic carbocycles. The number of hydrogen-bond donors (Lipinski definition) is 0. The molecule has 1 aliphatic rings. The summed E-state index contributed by atoms with van der Waals surface area (Å²) in [6.45, 7) is 5.35. The fourth-order valence-corrected chi connectivity index (χ4v) is 1.83. The number of carbonyl (C=O) groups excluding carboxylic acids is 3. The molecule has 0 N–H and O–H groups in total. The SMILES string of the molecule is C.CC(C)(C)/[N+]([O-])=C/c1ccc(C(=O)ON2C(=O)CCC2=O)cc1. The van der Waals surface area contributed by atoms with Crippen molar-refractivity contribution in [3.8, 4) is 0 Å². The molecule has 1 saturated heterocycles. The molecular formula is C17H22N2O5. The van der Waals surface area contributed by atoms with Crippen LogP contribution in [0.5, 0.6) is 0 Å². The van der Waals surface area contributed by atoms with Gasteiger partial charge in [-0.25, -0.2) is 9.53 Å². The fourth-order valence-electron chi connectivity index (χ4n) is 1.83. The first kappa shape index (κ1) is 19.3. The average Bonchev–Trinajstić information content (AvgIpc) is 2.79. The molecule has 7 heteroatoms. The van der Waals surface area contributed by atoms with Crippen LogP contribution in [0, 0.1) is 5.21 Å². The Kier molecular flexibility index (Phi) is 5.84. The molecule has 0 saturated carbocycles. The van der Waals surface area contributed by atoms with Crippen LogP contribution >= 0.6 is 0 Å². The van der Waals surface area contributed by atoms with Gasteiger partial charge in [-0.3, -0.25) is 9.59 Å². The van der Waals surface area contributed by atoms with Crippen molar-refractivity contribution in [2.45, 2.75) is 46.6 Å². The van der Waals surface area contributed by atoms with E-state index >= 15 is 0 Å². The molecule has 0 atom stereocenters. The standard InChI is InChI=1S/C16H18N2O5.CH4/c1-16(2,3)17(22)10-11-4-6-12(7-5-11)15(21)23-18-13(19)8-9-14(18)20;/h4-7,10H,8-9H2,1-3H3;1H4/b17-10-;. The highest BCUT2D eigenvalue weighted by Crippen LogP contribution is 2.14. The highest BCUT2D eigenvalue weighted by molar-refractivity contribution is 6.02. The van der Waals surface area contributed by atoms with E-state index in [1.54, 1.807) is 32.9 Å². The Morgan fingerprint density at radius 2 is 1.67 bits per heavy atom. The van der Waals surface area contributed by atoms with E-state index < -0.39 is 23.3 Å². The van der Waals surface area contributed by atoms with Crippen molar-refractivity contribution in [2.75, 3.05) is 0 Å². The Bertz CT molecular complexity index is 655. The average molecular weight is 334 g/mol. The first-order valence-corrected chi connectivity index (χ1v) is 7.18. The molecule has 2 amide bonds. The topological polar surface area (TPSA) is 89.8 Å². The Balaban J connectivity index is 0.00000288. The lowest BCUT2D eigenvalue weighted by Crippen LogP contribution is -2.32. The third-order valence-electron chi connectivity index (χ3n) is 3.25. The number of hydroxylamine groups is 3. The van der Waals surface area contributed by atoms with Crippen LogP contribution in [0.15, 0.2) is 24.3 Å². The summed E-state index contributed by atoms with van der Waals surface area (Å²) in [7, 11) is 0. The summed E-state index contributed by atoms with van der Waals surface area (Å²) in [5, 5.41) is 12.3. The van der Waals surface area contributed by atoms with E-state index in [9.17, 15) is 19.6 Å². The summed E-state index contributed by atoms with van der Waals surface area (Å²) in [5.74, 6) is -1.85. The molecule has 7 nitrogen and oxygen atoms in total. The molecule has 24 heavy (non-hydrogen) atoms. The summed E-state index contributed by atoms with van der Waals surface area (Å²) in [5.41, 5.74) is 0.247. The largest absolute Gasteiger partial charge is 0.623 e. The normalized spacial score (nSPS) is 15.3. The second-order valence-corrected chi connectivity index (χ2v) is 6.21. The van der Waals surface area contributed by atoms with E-state index in [2.05, 4.69) is 0 Å². The van der Waals surface area contributed by atoms with Gasteiger partial charge in [-0.2, -0.15) is 0 Å². The molecule has 0 spiro atoms. The number of rotatable bonds is 3. The lowest BCUT2D eigenvalue weighted by atomic mass is 10.1. The summed E-state index contributed by atoms with van der Waals surface area (Å²) < 4.78 is 0.821. The van der Waals surface area contributed by atoms with Gasteiger partial charge in [0.25, 0.3) is 11.8 Å². The molecule has 130 valence electrons. The minimum Gasteiger partial charge on any atom is -0.623 e. The Labute approximate surface area is 141 Å². The van der Waals surface area contributed by atoms with Gasteiger partial charge in [0.15, 0.2) is 11.8 Å². The first-order valence-electron chi connectivity index (χ1n) is 7.18. The highest BCUT2D eigenvalue weighted by Gasteiger charge is 2.33. The molecule has 1 heterocycles. The van der Waals surface area contributed by atoms with Gasteiger partial charge in [0.1, 0.15) is 0 Å². The predicted molar refractivity (Wildman–Crippen MR) is 88.2 cm³/mol. The van der Waals surface area contributed by atoms with Crippen LogP contribution in [0.25, 0.3) is 0 Å². The molecular weight excluding hydrogens is 312 g/mol. The first-order chi connectivity index (χ1) is 10.7. The quantitative estimate of drug-likeness (QED) is 0.278. The minimum absolute atomic E-state index is 0. The molecule has 2 rings (SSSR count). The molecule has 0 aliphatic carbocycles. The van der Waals surface area contributed by atoms with E-state index in [0.29, 0.717) is 10.6 Å². The molecule has 1 aromatic rings. The van der Waals surface area contributed by atoms with E-state index in [0.717, 1.165) is 4.74 Å². The van der Waals surface area contributed by atoms with Gasteiger partial charge in [0.2, 0.25) is 0 Å². The lowest BCUT2D eigenvalue weighted by Gasteiger charge is -2.18. The maximum absolute atomic E-state index is 11.9. The van der Waals surface area contributed by atoms with E-state index in [-0.39, 0.29) is 25.8 Å². The van der Waals surface area contributed by atoms with Crippen LogP contribution < -0.4 is 0 Å². The van der Waals surface area contributed by atoms with E-state index in [1.165, 1.54) is 18.3 Å². The summed E-state index contributed by atoms with van der Waals surface area (Å²) in [4.78, 5) is 39.6. The van der Waals surface area contributed by atoms with Gasteiger partial charge >= 0.3 is 5.97 Å². The van der Waals surface area contributed by atoms with Crippen molar-refractivity contribution < 1.29 is 24.0 Å². The zero-order valence-electron chi connectivity index (χ0n) is 13.2. The van der Waals surface area contributed by atoms with Crippen LogP contribution in [0.2, 0.25) is 0 Å². The predicted octanol–water partition coefficient (Wildman–Crippen LogP) is 2.27. The van der Waals surface area contributed by atoms with Crippen molar-refractivity contribution >= 4 is 24.0 Å². The fraction of sp³-hybridized carbons (Fsp3) is 0.412. The number of amides is 2. The molecule has 1 aliphatic heterocycles. The molecule has 1 fully saturated rings. The van der Waals surface area contributed by atoms with Gasteiger partial charge in [0.05, 0.1) is 5.56 Å². The third kappa shape index (κ3) is 4.41. The van der Waals surface area contributed by atoms with Gasteiger partial charge in [-0.05, 0) is 24.3 Å². The van der Waals surface area contributed by atoms with Crippen LogP contribution in [0.1, 0.15) is 57.0 Å². The number of nitrogens with zero attached hydrogens (tertiary/aromatic N) is 2. The highest BCUT2D eigenvalue weighted by atomic mass is 16.7. The monoisotopic (exact) mass is 334 g/mol. The van der Waals surface area contributed by atoms with Crippen LogP contribution in [-0.4, -0.2) is 39.3 Å². The number of hydrogen-bond acceptors (Lipinski definition) is 5. The second-order valence-electron chi connectivity index (χ2n) is 6.21. The summed E-state index contributed by atoms with van der Waals surface area (Å²) >= 11 is 0. The maximum Gasteiger partial charge on any atom is 0.363 e. The second kappa shape index (κ2) is 7.25. The van der Waals surface area contributed by atoms with Crippen LogP contribution in [0.3, 0.4) is 0 Å². The Morgan fingerprint density at radius 3 is 2.12 bits per heavy atom. The maximum atomic E-state index is 11.9. The zero-order valence-corrected chi connectivity index (χ0v) is 13.2. The number of carbonyl (C=O) groups is 3. The van der Waals surface area contributed by atoms with Crippen molar-refractivity contribution in [2.24, 2.45) is 0 Å². The number of imide groups is 1. The van der Waals surface area contributed by atoms with Crippen LogP contribution in [-0.2, 0) is 14.4 Å². The van der Waals surface area contributed by atoms with Gasteiger partial charge < -0.3 is 10.0 Å². The van der Waals surface area contributed by atoms with Gasteiger partial charge in [0, 0.05) is 39.2 Å². The number of benzene rings is 1. The van der Waals surface area contributed by atoms with Crippen LogP contribution in [0.4, 0.5) is 0 Å². The minimum atomic E-state index is -0.796. The Hall–Kier alpha value is -2.70. The smallest absolute Gasteiger partial charge is 0.363 e. The van der Waals surface area contributed by atoms with Crippen molar-refractivity contribution in [1.82, 2.24) is 5.06 Å². The molecule has 0 bridgehead atoms. The van der Waals surface area contributed by atoms with Crippen molar-refractivity contribution in [3.63, 3.8) is 0 Å². The van der Waals surface area contributed by atoms with Gasteiger partial charge in [-0.1, -0.05) is 7.43 Å². The third-order valence-corrected chi connectivity index (χ3v) is 3.25. The van der Waals surface area contributed by atoms with Gasteiger partial charge in [-0.15, -0.1) is 5.06 Å². The van der Waals surface area contributed by atoms with E-state index in [4.69, 9.17) is 4.84 Å². The molecule has 0 radical (unpaired) electrons. The lowest BCUT2D eigenvalue weighted by molar-refractivity contribution is -0.530. The van der Waals surface area contributed by atoms with Crippen molar-refractivity contribution in [3.05, 3.63) is 40.6 Å². The summed E-state index contributed by atoms with van der Waals surface area (Å²) in [6, 6.07) is 6.10. The molecule has 0 aromatic heterocycles. The molecule has 0 unspecified atom stereocenters. The summed E-state index contributed by atoms with van der Waals surface area (Å²) in [6.07, 6.45) is 1.51. The van der Waals surface area contributed by atoms with Crippen molar-refractivity contribution in [1.29, 1.82) is 0 Å². The van der Waals surface area contributed by atoms with E-state index in [1.807, 2.05) is 0 Å².